The maximum absolute atomic E-state index is 4.32. The van der Waals surface area contributed by atoms with Crippen LogP contribution in [0.2, 0.25) is 0 Å². The second-order valence-corrected chi connectivity index (χ2v) is 4.23. The van der Waals surface area contributed by atoms with Crippen molar-refractivity contribution in [1.29, 1.82) is 0 Å². The van der Waals surface area contributed by atoms with Gasteiger partial charge in [-0.05, 0) is 11.6 Å². The van der Waals surface area contributed by atoms with E-state index in [1.807, 2.05) is 11.6 Å². The minimum atomic E-state index is 1.08. The Labute approximate surface area is 92.0 Å². The molecule has 2 heteroatoms. The average Bonchev–Trinajstić information content (AvgIpc) is 2.78. The summed E-state index contributed by atoms with van der Waals surface area (Å²) < 4.78 is 1.27. The number of hydrogen-bond donors (Lipinski definition) is 0. The molecule has 72 valence electrons. The molecule has 0 unspecified atom stereocenters. The third-order valence-corrected chi connectivity index (χ3v) is 3.32. The zero-order chi connectivity index (χ0) is 10.1. The summed E-state index contributed by atoms with van der Waals surface area (Å²) in [6.45, 7) is 0. The van der Waals surface area contributed by atoms with E-state index in [0.29, 0.717) is 0 Å². The molecule has 1 heterocycles. The fourth-order valence-electron chi connectivity index (χ4n) is 1.73. The van der Waals surface area contributed by atoms with Gasteiger partial charge in [0.05, 0.1) is 15.7 Å². The standard InChI is InChI=1S/C13H9NS/c1-2-5-10(6-3-1)11-7-4-8-12-13(11)15-9-14-12/h1-9H. The summed E-state index contributed by atoms with van der Waals surface area (Å²) in [6, 6.07) is 16.7. The molecule has 0 saturated heterocycles. The van der Waals surface area contributed by atoms with E-state index in [2.05, 4.69) is 47.4 Å². The van der Waals surface area contributed by atoms with Gasteiger partial charge in [-0.1, -0.05) is 42.5 Å². The number of aromatic nitrogens is 1. The summed E-state index contributed by atoms with van der Waals surface area (Å²) in [6.07, 6.45) is 0. The molecule has 1 nitrogen and oxygen atoms in total. The molecule has 3 rings (SSSR count). The SMILES string of the molecule is c1ccc(-c2cccc3ncsc23)cc1. The van der Waals surface area contributed by atoms with E-state index in [9.17, 15) is 0 Å². The summed E-state index contributed by atoms with van der Waals surface area (Å²) >= 11 is 1.70. The zero-order valence-corrected chi connectivity index (χ0v) is 8.87. The van der Waals surface area contributed by atoms with Crippen LogP contribution in [-0.2, 0) is 0 Å². The Hall–Kier alpha value is -1.67. The van der Waals surface area contributed by atoms with E-state index >= 15 is 0 Å². The summed E-state index contributed by atoms with van der Waals surface area (Å²) in [7, 11) is 0. The van der Waals surface area contributed by atoms with Crippen molar-refractivity contribution in [3.8, 4) is 11.1 Å². The number of fused-ring (bicyclic) bond motifs is 1. The van der Waals surface area contributed by atoms with E-state index < -0.39 is 0 Å². The van der Waals surface area contributed by atoms with Crippen LogP contribution in [0, 0.1) is 0 Å². The highest BCUT2D eigenvalue weighted by Crippen LogP contribution is 2.30. The number of benzene rings is 2. The van der Waals surface area contributed by atoms with Crippen LogP contribution in [0.4, 0.5) is 0 Å². The zero-order valence-electron chi connectivity index (χ0n) is 8.05. The lowest BCUT2D eigenvalue weighted by Crippen LogP contribution is -1.77. The predicted molar refractivity (Wildman–Crippen MR) is 65.1 cm³/mol. The lowest BCUT2D eigenvalue weighted by Gasteiger charge is -2.01. The molecule has 1 aromatic heterocycles. The van der Waals surface area contributed by atoms with Gasteiger partial charge in [0.1, 0.15) is 0 Å². The van der Waals surface area contributed by atoms with E-state index in [1.54, 1.807) is 11.3 Å². The number of nitrogens with zero attached hydrogens (tertiary/aromatic N) is 1. The second kappa shape index (κ2) is 3.48. The topological polar surface area (TPSA) is 12.9 Å². The predicted octanol–water partition coefficient (Wildman–Crippen LogP) is 3.96. The van der Waals surface area contributed by atoms with Crippen LogP contribution < -0.4 is 0 Å². The van der Waals surface area contributed by atoms with Crippen LogP contribution >= 0.6 is 11.3 Å². The molecule has 0 amide bonds. The van der Waals surface area contributed by atoms with E-state index in [1.165, 1.54) is 15.8 Å². The van der Waals surface area contributed by atoms with Crippen LogP contribution in [0.25, 0.3) is 21.3 Å². The first-order valence-electron chi connectivity index (χ1n) is 4.83. The van der Waals surface area contributed by atoms with Gasteiger partial charge in [0, 0.05) is 5.56 Å². The molecule has 3 aromatic rings. The van der Waals surface area contributed by atoms with Gasteiger partial charge < -0.3 is 0 Å². The maximum Gasteiger partial charge on any atom is 0.0818 e. The van der Waals surface area contributed by atoms with Crippen LogP contribution in [0.1, 0.15) is 0 Å². The average molecular weight is 211 g/mol. The first kappa shape index (κ1) is 8.62. The molecule has 0 saturated carbocycles. The van der Waals surface area contributed by atoms with Crippen molar-refractivity contribution in [1.82, 2.24) is 4.98 Å². The molecule has 15 heavy (non-hydrogen) atoms. The third-order valence-electron chi connectivity index (χ3n) is 2.44. The minimum absolute atomic E-state index is 1.08. The maximum atomic E-state index is 4.32. The van der Waals surface area contributed by atoms with Crippen molar-refractivity contribution >= 4 is 21.6 Å². The molecule has 0 spiro atoms. The minimum Gasteiger partial charge on any atom is -0.245 e. The first-order chi connectivity index (χ1) is 7.45. The summed E-state index contributed by atoms with van der Waals surface area (Å²) in [5, 5.41) is 0. The Kier molecular flexibility index (Phi) is 2.00. The fourth-order valence-corrected chi connectivity index (χ4v) is 2.56. The van der Waals surface area contributed by atoms with Crippen LogP contribution in [-0.4, -0.2) is 4.98 Å². The largest absolute Gasteiger partial charge is 0.245 e. The van der Waals surface area contributed by atoms with Crippen molar-refractivity contribution in [2.24, 2.45) is 0 Å². The normalized spacial score (nSPS) is 10.7. The molecular formula is C13H9NS. The first-order valence-corrected chi connectivity index (χ1v) is 5.71. The van der Waals surface area contributed by atoms with Gasteiger partial charge in [0.2, 0.25) is 0 Å². The number of thiazole rings is 1. The Balaban J connectivity index is 2.31. The highest BCUT2D eigenvalue weighted by atomic mass is 32.1. The van der Waals surface area contributed by atoms with Gasteiger partial charge in [-0.25, -0.2) is 4.98 Å². The van der Waals surface area contributed by atoms with Crippen LogP contribution in [0.15, 0.2) is 54.0 Å². The molecule has 0 aliphatic heterocycles. The summed E-state index contributed by atoms with van der Waals surface area (Å²) in [4.78, 5) is 4.32. The lowest BCUT2D eigenvalue weighted by atomic mass is 10.1. The van der Waals surface area contributed by atoms with Gasteiger partial charge in [0.25, 0.3) is 0 Å². The Morgan fingerprint density at radius 1 is 0.867 bits per heavy atom. The van der Waals surface area contributed by atoms with Crippen molar-refractivity contribution < 1.29 is 0 Å². The molecule has 2 aromatic carbocycles. The van der Waals surface area contributed by atoms with Crippen molar-refractivity contribution in [3.05, 3.63) is 54.0 Å². The molecule has 0 aliphatic rings. The fraction of sp³-hybridized carbons (Fsp3) is 0. The lowest BCUT2D eigenvalue weighted by molar-refractivity contribution is 1.50. The molecule has 0 aliphatic carbocycles. The second-order valence-electron chi connectivity index (χ2n) is 3.37. The Morgan fingerprint density at radius 3 is 2.60 bits per heavy atom. The molecule has 0 radical (unpaired) electrons. The molecule has 0 bridgehead atoms. The van der Waals surface area contributed by atoms with Crippen molar-refractivity contribution in [3.63, 3.8) is 0 Å². The van der Waals surface area contributed by atoms with Gasteiger partial charge in [0.15, 0.2) is 0 Å². The smallest absolute Gasteiger partial charge is 0.0818 e. The van der Waals surface area contributed by atoms with Gasteiger partial charge in [-0.2, -0.15) is 0 Å². The molecule has 0 N–H and O–H groups in total. The highest BCUT2D eigenvalue weighted by molar-refractivity contribution is 7.17. The Morgan fingerprint density at radius 2 is 1.73 bits per heavy atom. The van der Waals surface area contributed by atoms with Crippen molar-refractivity contribution in [2.45, 2.75) is 0 Å². The van der Waals surface area contributed by atoms with Crippen LogP contribution in [0.5, 0.6) is 0 Å². The quantitative estimate of drug-likeness (QED) is 0.593. The van der Waals surface area contributed by atoms with Gasteiger partial charge in [-0.3, -0.25) is 0 Å². The van der Waals surface area contributed by atoms with E-state index in [0.717, 1.165) is 5.52 Å². The summed E-state index contributed by atoms with van der Waals surface area (Å²) in [5.41, 5.74) is 5.52. The molecule has 0 fully saturated rings. The van der Waals surface area contributed by atoms with E-state index in [-0.39, 0.29) is 0 Å². The monoisotopic (exact) mass is 211 g/mol. The van der Waals surface area contributed by atoms with Crippen LogP contribution in [0.3, 0.4) is 0 Å². The highest BCUT2D eigenvalue weighted by Gasteiger charge is 2.04. The van der Waals surface area contributed by atoms with Gasteiger partial charge >= 0.3 is 0 Å². The Bertz CT molecular complexity index is 584. The molecular weight excluding hydrogens is 202 g/mol. The van der Waals surface area contributed by atoms with E-state index in [4.69, 9.17) is 0 Å². The number of hydrogen-bond acceptors (Lipinski definition) is 2. The molecule has 0 atom stereocenters. The number of rotatable bonds is 1. The summed E-state index contributed by atoms with van der Waals surface area (Å²) in [5.74, 6) is 0. The van der Waals surface area contributed by atoms with Gasteiger partial charge in [-0.15, -0.1) is 11.3 Å². The third kappa shape index (κ3) is 1.43. The van der Waals surface area contributed by atoms with Crippen molar-refractivity contribution in [2.75, 3.05) is 0 Å².